The van der Waals surface area contributed by atoms with Crippen molar-refractivity contribution < 1.29 is 19.4 Å². The minimum absolute atomic E-state index is 0.0344. The van der Waals surface area contributed by atoms with Crippen LogP contribution in [0.2, 0.25) is 0 Å². The molecule has 1 fully saturated rings. The SMILES string of the molecule is Cn1cccc1-c1cc(C(=O)N2CCOC(C(=O)O)C2)[nH]n1. The normalized spacial score (nSPS) is 18.4. The van der Waals surface area contributed by atoms with Crippen molar-refractivity contribution in [3.63, 3.8) is 0 Å². The van der Waals surface area contributed by atoms with Gasteiger partial charge in [-0.05, 0) is 18.2 Å². The first-order valence-electron chi connectivity index (χ1n) is 6.87. The predicted molar refractivity (Wildman–Crippen MR) is 76.3 cm³/mol. The molecule has 1 atom stereocenters. The van der Waals surface area contributed by atoms with Gasteiger partial charge in [0.1, 0.15) is 11.4 Å². The standard InChI is InChI=1S/C14H16N4O4/c1-17-4-2-3-11(17)9-7-10(16-15-9)13(19)18-5-6-22-12(8-18)14(20)21/h2-4,7,12H,5-6,8H2,1H3,(H,15,16)(H,20,21). The molecule has 1 aliphatic rings. The first kappa shape index (κ1) is 14.3. The number of carboxylic acid groups (broad SMARTS) is 1. The fraction of sp³-hybridized carbons (Fsp3) is 0.357. The lowest BCUT2D eigenvalue weighted by Crippen LogP contribution is -2.48. The second kappa shape index (κ2) is 5.64. The van der Waals surface area contributed by atoms with Crippen molar-refractivity contribution in [1.82, 2.24) is 19.7 Å². The van der Waals surface area contributed by atoms with Crippen LogP contribution in [-0.2, 0) is 16.6 Å². The molecular formula is C14H16N4O4. The number of aliphatic carboxylic acids is 1. The number of morpholine rings is 1. The Morgan fingerprint density at radius 3 is 3.00 bits per heavy atom. The van der Waals surface area contributed by atoms with E-state index < -0.39 is 12.1 Å². The van der Waals surface area contributed by atoms with E-state index in [1.807, 2.05) is 29.9 Å². The van der Waals surface area contributed by atoms with Gasteiger partial charge >= 0.3 is 5.97 Å². The van der Waals surface area contributed by atoms with Crippen molar-refractivity contribution >= 4 is 11.9 Å². The van der Waals surface area contributed by atoms with E-state index in [-0.39, 0.29) is 19.1 Å². The van der Waals surface area contributed by atoms with Crippen LogP contribution in [0.1, 0.15) is 10.5 Å². The van der Waals surface area contributed by atoms with E-state index in [0.717, 1.165) is 5.69 Å². The summed E-state index contributed by atoms with van der Waals surface area (Å²) in [6, 6.07) is 5.47. The lowest BCUT2D eigenvalue weighted by Gasteiger charge is -2.30. The van der Waals surface area contributed by atoms with Crippen molar-refractivity contribution in [3.8, 4) is 11.4 Å². The number of nitrogens with one attached hydrogen (secondary N) is 1. The summed E-state index contributed by atoms with van der Waals surface area (Å²) in [4.78, 5) is 24.9. The maximum absolute atomic E-state index is 12.4. The number of ether oxygens (including phenoxy) is 1. The zero-order chi connectivity index (χ0) is 15.7. The molecule has 3 heterocycles. The Morgan fingerprint density at radius 1 is 1.50 bits per heavy atom. The molecule has 3 rings (SSSR count). The Kier molecular flexibility index (Phi) is 3.68. The molecule has 0 spiro atoms. The van der Waals surface area contributed by atoms with Gasteiger partial charge in [0.2, 0.25) is 0 Å². The van der Waals surface area contributed by atoms with Gasteiger partial charge < -0.3 is 19.3 Å². The van der Waals surface area contributed by atoms with Crippen LogP contribution in [0.15, 0.2) is 24.4 Å². The average molecular weight is 304 g/mol. The van der Waals surface area contributed by atoms with E-state index in [1.54, 1.807) is 6.07 Å². The monoisotopic (exact) mass is 304 g/mol. The molecule has 1 saturated heterocycles. The summed E-state index contributed by atoms with van der Waals surface area (Å²) in [6.45, 7) is 0.606. The third kappa shape index (κ3) is 2.60. The molecule has 0 bridgehead atoms. The fourth-order valence-electron chi connectivity index (χ4n) is 2.44. The topological polar surface area (TPSA) is 100 Å². The maximum atomic E-state index is 12.4. The highest BCUT2D eigenvalue weighted by Crippen LogP contribution is 2.19. The highest BCUT2D eigenvalue weighted by molar-refractivity contribution is 5.93. The number of aryl methyl sites for hydroxylation is 1. The highest BCUT2D eigenvalue weighted by atomic mass is 16.5. The molecule has 0 aromatic carbocycles. The average Bonchev–Trinajstić information content (AvgIpc) is 3.15. The van der Waals surface area contributed by atoms with E-state index in [0.29, 0.717) is 17.9 Å². The zero-order valence-corrected chi connectivity index (χ0v) is 12.0. The number of nitrogens with zero attached hydrogens (tertiary/aromatic N) is 3. The summed E-state index contributed by atoms with van der Waals surface area (Å²) in [5.41, 5.74) is 1.89. The minimum Gasteiger partial charge on any atom is -0.479 e. The van der Waals surface area contributed by atoms with Gasteiger partial charge in [0.25, 0.3) is 5.91 Å². The van der Waals surface area contributed by atoms with Crippen LogP contribution in [0.5, 0.6) is 0 Å². The number of aromatic amines is 1. The number of rotatable bonds is 3. The molecule has 8 nitrogen and oxygen atoms in total. The van der Waals surface area contributed by atoms with Crippen LogP contribution in [0, 0.1) is 0 Å². The van der Waals surface area contributed by atoms with Gasteiger partial charge in [0, 0.05) is 19.8 Å². The smallest absolute Gasteiger partial charge is 0.334 e. The first-order chi connectivity index (χ1) is 10.6. The Hall–Kier alpha value is -2.61. The third-order valence-corrected chi connectivity index (χ3v) is 3.64. The Labute approximate surface area is 126 Å². The molecule has 2 N–H and O–H groups in total. The number of amides is 1. The molecule has 8 heteroatoms. The number of carboxylic acids is 1. The van der Waals surface area contributed by atoms with E-state index in [1.165, 1.54) is 4.90 Å². The Balaban J connectivity index is 1.77. The number of hydrogen-bond acceptors (Lipinski definition) is 4. The molecule has 1 amide bonds. The predicted octanol–water partition coefficient (Wildman–Crippen LogP) is 0.341. The highest BCUT2D eigenvalue weighted by Gasteiger charge is 2.30. The van der Waals surface area contributed by atoms with Gasteiger partial charge in [-0.3, -0.25) is 9.89 Å². The maximum Gasteiger partial charge on any atom is 0.334 e. The first-order valence-corrected chi connectivity index (χ1v) is 6.87. The molecule has 22 heavy (non-hydrogen) atoms. The summed E-state index contributed by atoms with van der Waals surface area (Å²) in [5.74, 6) is -1.34. The van der Waals surface area contributed by atoms with Gasteiger partial charge in [0.15, 0.2) is 6.10 Å². The van der Waals surface area contributed by atoms with Crippen molar-refractivity contribution in [2.45, 2.75) is 6.10 Å². The number of aromatic nitrogens is 3. The molecule has 0 aliphatic carbocycles. The van der Waals surface area contributed by atoms with Crippen molar-refractivity contribution in [2.24, 2.45) is 7.05 Å². The van der Waals surface area contributed by atoms with Gasteiger partial charge in [-0.25, -0.2) is 4.79 Å². The summed E-state index contributed by atoms with van der Waals surface area (Å²) in [5, 5.41) is 15.9. The Bertz CT molecular complexity index is 705. The van der Waals surface area contributed by atoms with Gasteiger partial charge in [-0.1, -0.05) is 0 Å². The van der Waals surface area contributed by atoms with Gasteiger partial charge in [0.05, 0.1) is 18.8 Å². The molecule has 2 aromatic heterocycles. The number of H-pyrrole nitrogens is 1. The number of carbonyl (C=O) groups is 2. The minimum atomic E-state index is -1.06. The van der Waals surface area contributed by atoms with Crippen LogP contribution in [-0.4, -0.2) is 62.4 Å². The second-order valence-corrected chi connectivity index (χ2v) is 5.12. The lowest BCUT2D eigenvalue weighted by molar-refractivity contribution is -0.154. The van der Waals surface area contributed by atoms with Crippen molar-refractivity contribution in [2.75, 3.05) is 19.7 Å². The summed E-state index contributed by atoms with van der Waals surface area (Å²) < 4.78 is 7.02. The molecule has 0 radical (unpaired) electrons. The quantitative estimate of drug-likeness (QED) is 0.851. The van der Waals surface area contributed by atoms with E-state index in [9.17, 15) is 9.59 Å². The molecular weight excluding hydrogens is 288 g/mol. The lowest BCUT2D eigenvalue weighted by atomic mass is 10.2. The number of hydrogen-bond donors (Lipinski definition) is 2. The fourth-order valence-corrected chi connectivity index (χ4v) is 2.44. The van der Waals surface area contributed by atoms with E-state index in [2.05, 4.69) is 10.2 Å². The van der Waals surface area contributed by atoms with E-state index >= 15 is 0 Å². The molecule has 116 valence electrons. The summed E-state index contributed by atoms with van der Waals surface area (Å²) in [6.07, 6.45) is 0.915. The van der Waals surface area contributed by atoms with Crippen LogP contribution in [0.25, 0.3) is 11.4 Å². The second-order valence-electron chi connectivity index (χ2n) is 5.12. The van der Waals surface area contributed by atoms with Crippen LogP contribution in [0.3, 0.4) is 0 Å². The largest absolute Gasteiger partial charge is 0.479 e. The van der Waals surface area contributed by atoms with Gasteiger partial charge in [-0.2, -0.15) is 5.10 Å². The van der Waals surface area contributed by atoms with E-state index in [4.69, 9.17) is 9.84 Å². The summed E-state index contributed by atoms with van der Waals surface area (Å²) >= 11 is 0. The Morgan fingerprint density at radius 2 is 2.32 bits per heavy atom. The molecule has 2 aromatic rings. The molecule has 1 unspecified atom stereocenters. The molecule has 1 aliphatic heterocycles. The zero-order valence-electron chi connectivity index (χ0n) is 12.0. The van der Waals surface area contributed by atoms with Crippen molar-refractivity contribution in [3.05, 3.63) is 30.1 Å². The number of carbonyl (C=O) groups excluding carboxylic acids is 1. The van der Waals surface area contributed by atoms with Crippen LogP contribution in [0.4, 0.5) is 0 Å². The molecule has 0 saturated carbocycles. The van der Waals surface area contributed by atoms with Crippen LogP contribution < -0.4 is 0 Å². The third-order valence-electron chi connectivity index (χ3n) is 3.64. The van der Waals surface area contributed by atoms with Crippen LogP contribution >= 0.6 is 0 Å². The van der Waals surface area contributed by atoms with Crippen molar-refractivity contribution in [1.29, 1.82) is 0 Å². The van der Waals surface area contributed by atoms with Gasteiger partial charge in [-0.15, -0.1) is 0 Å². The summed E-state index contributed by atoms with van der Waals surface area (Å²) in [7, 11) is 1.89.